The van der Waals surface area contributed by atoms with Crippen LogP contribution in [0.25, 0.3) is 0 Å². The molecular weight excluding hydrogens is 416 g/mol. The molecule has 1 atom stereocenters. The summed E-state index contributed by atoms with van der Waals surface area (Å²) in [5.41, 5.74) is 1.04. The number of anilines is 1. The molecule has 0 spiro atoms. The molecule has 3 aromatic rings. The highest BCUT2D eigenvalue weighted by atomic mass is 32.1. The van der Waals surface area contributed by atoms with E-state index in [1.807, 2.05) is 29.2 Å². The fourth-order valence-corrected chi connectivity index (χ4v) is 4.30. The van der Waals surface area contributed by atoms with Crippen LogP contribution in [0.4, 0.5) is 5.13 Å². The minimum absolute atomic E-state index is 0.0591. The smallest absolute Gasteiger partial charge is 0.255 e. The van der Waals surface area contributed by atoms with Crippen LogP contribution in [-0.4, -0.2) is 39.9 Å². The minimum Gasteiger partial charge on any atom is -0.497 e. The van der Waals surface area contributed by atoms with Crippen molar-refractivity contribution >= 4 is 28.3 Å². The molecule has 1 N–H and O–H groups in total. The average molecular weight is 439 g/mol. The number of nitrogens with zero attached hydrogens (tertiary/aromatic N) is 3. The van der Waals surface area contributed by atoms with Gasteiger partial charge in [-0.25, -0.2) is 4.98 Å². The second-order valence-corrected chi connectivity index (χ2v) is 8.10. The maximum atomic E-state index is 13.3. The van der Waals surface area contributed by atoms with Crippen LogP contribution in [0.2, 0.25) is 0 Å². The van der Waals surface area contributed by atoms with Crippen LogP contribution in [0.5, 0.6) is 5.75 Å². The number of amides is 2. The largest absolute Gasteiger partial charge is 0.497 e. The van der Waals surface area contributed by atoms with E-state index in [0.29, 0.717) is 17.2 Å². The molecule has 1 aliphatic rings. The summed E-state index contributed by atoms with van der Waals surface area (Å²) in [4.78, 5) is 43.6. The maximum absolute atomic E-state index is 13.3. The average Bonchev–Trinajstić information content (AvgIpc) is 3.47. The zero-order valence-electron chi connectivity index (χ0n) is 17.0. The molecule has 1 aromatic carbocycles. The molecule has 31 heavy (non-hydrogen) atoms. The van der Waals surface area contributed by atoms with Gasteiger partial charge in [-0.05, 0) is 36.6 Å². The van der Waals surface area contributed by atoms with Crippen molar-refractivity contribution in [3.05, 3.63) is 75.7 Å². The quantitative estimate of drug-likeness (QED) is 0.639. The molecule has 8 nitrogen and oxygen atoms in total. The number of thiazole rings is 1. The SMILES string of the molecule is COc1cccc(C2CCCN2C(=O)c2ccc(=O)n(CC(=O)Nc3nccs3)c2)c1. The molecule has 2 amide bonds. The molecule has 4 rings (SSSR count). The summed E-state index contributed by atoms with van der Waals surface area (Å²) >= 11 is 1.29. The number of hydrogen-bond acceptors (Lipinski definition) is 6. The Morgan fingerprint density at radius 3 is 2.94 bits per heavy atom. The van der Waals surface area contributed by atoms with Gasteiger partial charge in [0.1, 0.15) is 12.3 Å². The zero-order chi connectivity index (χ0) is 21.8. The number of ether oxygens (including phenoxy) is 1. The van der Waals surface area contributed by atoms with Gasteiger partial charge in [0.2, 0.25) is 5.91 Å². The number of benzene rings is 1. The molecule has 3 heterocycles. The highest BCUT2D eigenvalue weighted by Gasteiger charge is 2.31. The number of carbonyl (C=O) groups excluding carboxylic acids is 2. The lowest BCUT2D eigenvalue weighted by atomic mass is 10.0. The van der Waals surface area contributed by atoms with Crippen LogP contribution < -0.4 is 15.6 Å². The third-order valence-electron chi connectivity index (χ3n) is 5.22. The normalized spacial score (nSPS) is 15.6. The van der Waals surface area contributed by atoms with Crippen LogP contribution in [0, 0.1) is 0 Å². The predicted molar refractivity (Wildman–Crippen MR) is 117 cm³/mol. The number of pyridine rings is 1. The molecular formula is C22H22N4O4S. The van der Waals surface area contributed by atoms with Crippen molar-refractivity contribution in [1.82, 2.24) is 14.5 Å². The highest BCUT2D eigenvalue weighted by Crippen LogP contribution is 2.34. The Morgan fingerprint density at radius 1 is 1.29 bits per heavy atom. The molecule has 1 aliphatic heterocycles. The Bertz CT molecular complexity index is 1140. The number of aromatic nitrogens is 2. The van der Waals surface area contributed by atoms with Crippen molar-refractivity contribution in [3.63, 3.8) is 0 Å². The van der Waals surface area contributed by atoms with Crippen molar-refractivity contribution in [3.8, 4) is 5.75 Å². The van der Waals surface area contributed by atoms with Gasteiger partial charge < -0.3 is 19.5 Å². The minimum atomic E-state index is -0.378. The van der Waals surface area contributed by atoms with E-state index in [1.54, 1.807) is 18.7 Å². The molecule has 0 saturated carbocycles. The summed E-state index contributed by atoms with van der Waals surface area (Å²) < 4.78 is 6.56. The van der Waals surface area contributed by atoms with E-state index in [0.717, 1.165) is 24.2 Å². The summed E-state index contributed by atoms with van der Waals surface area (Å²) in [5, 5.41) is 4.85. The monoisotopic (exact) mass is 438 g/mol. The highest BCUT2D eigenvalue weighted by molar-refractivity contribution is 7.13. The van der Waals surface area contributed by atoms with E-state index < -0.39 is 0 Å². The first-order valence-corrected chi connectivity index (χ1v) is 10.8. The van der Waals surface area contributed by atoms with Crippen molar-refractivity contribution in [1.29, 1.82) is 0 Å². The molecule has 160 valence electrons. The first kappa shape index (κ1) is 20.8. The van der Waals surface area contributed by atoms with Gasteiger partial charge in [-0.1, -0.05) is 12.1 Å². The predicted octanol–water partition coefficient (Wildman–Crippen LogP) is 2.93. The van der Waals surface area contributed by atoms with Crippen molar-refractivity contribution in [2.45, 2.75) is 25.4 Å². The van der Waals surface area contributed by atoms with Gasteiger partial charge in [0.25, 0.3) is 11.5 Å². The third kappa shape index (κ3) is 4.66. The molecule has 0 aliphatic carbocycles. The topological polar surface area (TPSA) is 93.5 Å². The Labute approximate surface area is 183 Å². The van der Waals surface area contributed by atoms with Gasteiger partial charge in [0, 0.05) is 30.4 Å². The van der Waals surface area contributed by atoms with Gasteiger partial charge in [-0.2, -0.15) is 0 Å². The number of hydrogen-bond donors (Lipinski definition) is 1. The number of rotatable bonds is 6. The van der Waals surface area contributed by atoms with E-state index in [9.17, 15) is 14.4 Å². The van der Waals surface area contributed by atoms with E-state index in [4.69, 9.17) is 4.74 Å². The van der Waals surface area contributed by atoms with E-state index in [2.05, 4.69) is 10.3 Å². The molecule has 1 fully saturated rings. The third-order valence-corrected chi connectivity index (χ3v) is 5.90. The lowest BCUT2D eigenvalue weighted by Crippen LogP contribution is -2.33. The van der Waals surface area contributed by atoms with Gasteiger partial charge in [0.05, 0.1) is 18.7 Å². The summed E-state index contributed by atoms with van der Waals surface area (Å²) in [5.74, 6) is 0.202. The Balaban J connectivity index is 1.53. The zero-order valence-corrected chi connectivity index (χ0v) is 17.8. The molecule has 0 bridgehead atoms. The number of nitrogens with one attached hydrogen (secondary N) is 1. The fourth-order valence-electron chi connectivity index (χ4n) is 3.75. The van der Waals surface area contributed by atoms with Crippen LogP contribution in [0.1, 0.15) is 34.8 Å². The fraction of sp³-hybridized carbons (Fsp3) is 0.273. The van der Waals surface area contributed by atoms with Crippen LogP contribution in [0.3, 0.4) is 0 Å². The lowest BCUT2D eigenvalue weighted by Gasteiger charge is -2.25. The van der Waals surface area contributed by atoms with E-state index in [-0.39, 0.29) is 30.0 Å². The molecule has 2 aromatic heterocycles. The van der Waals surface area contributed by atoms with Crippen LogP contribution >= 0.6 is 11.3 Å². The summed E-state index contributed by atoms with van der Waals surface area (Å²) in [6.07, 6.45) is 4.78. The van der Waals surface area contributed by atoms with Gasteiger partial charge >= 0.3 is 0 Å². The van der Waals surface area contributed by atoms with E-state index >= 15 is 0 Å². The Kier molecular flexibility index (Phi) is 6.13. The summed E-state index contributed by atoms with van der Waals surface area (Å²) in [7, 11) is 1.62. The van der Waals surface area contributed by atoms with Crippen LogP contribution in [0.15, 0.2) is 59.0 Å². The lowest BCUT2D eigenvalue weighted by molar-refractivity contribution is -0.116. The van der Waals surface area contributed by atoms with Gasteiger partial charge in [-0.15, -0.1) is 11.3 Å². The standard InChI is InChI=1S/C22H22N4O4S/c1-30-17-5-2-4-15(12-17)18-6-3-10-26(18)21(29)16-7-8-20(28)25(13-16)14-19(27)24-22-23-9-11-31-22/h2,4-5,7-9,11-13,18H,3,6,10,14H2,1H3,(H,23,24,27). The van der Waals surface area contributed by atoms with Gasteiger partial charge in [0.15, 0.2) is 5.13 Å². The second kappa shape index (κ2) is 9.13. The first-order valence-electron chi connectivity index (χ1n) is 9.90. The molecule has 1 unspecified atom stereocenters. The number of likely N-dealkylation sites (tertiary alicyclic amines) is 1. The number of methoxy groups -OCH3 is 1. The summed E-state index contributed by atoms with van der Waals surface area (Å²) in [6, 6.07) is 10.5. The maximum Gasteiger partial charge on any atom is 0.255 e. The molecule has 9 heteroatoms. The Morgan fingerprint density at radius 2 is 2.16 bits per heavy atom. The molecule has 1 saturated heterocycles. The van der Waals surface area contributed by atoms with Crippen LogP contribution in [-0.2, 0) is 11.3 Å². The second-order valence-electron chi connectivity index (χ2n) is 7.20. The van der Waals surface area contributed by atoms with Crippen molar-refractivity contribution in [2.24, 2.45) is 0 Å². The first-order chi connectivity index (χ1) is 15.0. The summed E-state index contributed by atoms with van der Waals surface area (Å²) in [6.45, 7) is 0.434. The van der Waals surface area contributed by atoms with Crippen molar-refractivity contribution in [2.75, 3.05) is 19.0 Å². The molecule has 0 radical (unpaired) electrons. The van der Waals surface area contributed by atoms with E-state index in [1.165, 1.54) is 34.2 Å². The number of carbonyl (C=O) groups is 2. The van der Waals surface area contributed by atoms with Gasteiger partial charge in [-0.3, -0.25) is 14.4 Å². The van der Waals surface area contributed by atoms with Crippen molar-refractivity contribution < 1.29 is 14.3 Å². The Hall–Kier alpha value is -3.46.